The van der Waals surface area contributed by atoms with Crippen molar-refractivity contribution in [3.8, 4) is 0 Å². The normalized spacial score (nSPS) is 10.4. The summed E-state index contributed by atoms with van der Waals surface area (Å²) in [7, 11) is 4.61. The molecule has 0 N–H and O–H groups in total. The van der Waals surface area contributed by atoms with Crippen molar-refractivity contribution in [1.29, 1.82) is 0 Å². The average molecular weight is 272 g/mol. The number of rotatable bonds is 9. The summed E-state index contributed by atoms with van der Waals surface area (Å²) in [6.07, 6.45) is 0. The maximum absolute atomic E-state index is 5.18. The van der Waals surface area contributed by atoms with Crippen molar-refractivity contribution >= 4 is 0 Å². The Bertz CT molecular complexity index is 84.1. The second kappa shape index (κ2) is 10.9. The van der Waals surface area contributed by atoms with Crippen LogP contribution in [0.1, 0.15) is 0 Å². The topological polar surface area (TPSA) is 55.4 Å². The zero-order chi connectivity index (χ0) is 9.94. The van der Waals surface area contributed by atoms with Crippen LogP contribution < -0.4 is 0 Å². The molecule has 0 spiro atoms. The molecular formula is C6H15O6Y. The first-order valence-electron chi connectivity index (χ1n) is 3.66. The van der Waals surface area contributed by atoms with Crippen molar-refractivity contribution in [3.63, 3.8) is 0 Å². The van der Waals surface area contributed by atoms with E-state index in [1.807, 2.05) is 0 Å². The molecule has 0 atom stereocenters. The zero-order valence-electron chi connectivity index (χ0n) is 8.15. The molecule has 0 aliphatic rings. The minimum absolute atomic E-state index is 0.175. The summed E-state index contributed by atoms with van der Waals surface area (Å²) in [4.78, 5) is 0. The average Bonchev–Trinajstić information content (AvgIpc) is 2.17. The van der Waals surface area contributed by atoms with E-state index in [0.717, 1.165) is 0 Å². The van der Waals surface area contributed by atoms with Gasteiger partial charge >= 0.3 is 91.0 Å². The monoisotopic (exact) mass is 272 g/mol. The molecule has 0 fully saturated rings. The summed E-state index contributed by atoms with van der Waals surface area (Å²) in [5.74, 6) is 0. The first-order chi connectivity index (χ1) is 6.35. The molecule has 6 nitrogen and oxygen atoms in total. The molecule has 78 valence electrons. The molecule has 0 aromatic carbocycles. The van der Waals surface area contributed by atoms with Crippen LogP contribution >= 0.6 is 0 Å². The molecule has 0 aliphatic carbocycles. The van der Waals surface area contributed by atoms with Gasteiger partial charge in [0.2, 0.25) is 0 Å². The van der Waals surface area contributed by atoms with E-state index in [4.69, 9.17) is 20.4 Å². The van der Waals surface area contributed by atoms with Crippen molar-refractivity contribution in [2.75, 3.05) is 41.7 Å². The molecule has 0 heterocycles. The molecule has 0 aliphatic heterocycles. The Morgan fingerprint density at radius 3 is 1.23 bits per heavy atom. The Morgan fingerprint density at radius 2 is 1.00 bits per heavy atom. The number of hydrogen-bond donors (Lipinski definition) is 0. The van der Waals surface area contributed by atoms with Crippen LogP contribution in [0, 0.1) is 0 Å². The van der Waals surface area contributed by atoms with Gasteiger partial charge in [-0.3, -0.25) is 0 Å². The Kier molecular flexibility index (Phi) is 11.7. The van der Waals surface area contributed by atoms with Gasteiger partial charge in [-0.2, -0.15) is 0 Å². The summed E-state index contributed by atoms with van der Waals surface area (Å²) in [5.41, 5.74) is 0. The zero-order valence-corrected chi connectivity index (χ0v) is 11.0. The Morgan fingerprint density at radius 1 is 0.692 bits per heavy atom. The predicted molar refractivity (Wildman–Crippen MR) is 38.9 cm³/mol. The van der Waals surface area contributed by atoms with Crippen molar-refractivity contribution in [3.05, 3.63) is 0 Å². The predicted octanol–water partition coefficient (Wildman–Crippen LogP) is 0.211. The van der Waals surface area contributed by atoms with E-state index >= 15 is 0 Å². The van der Waals surface area contributed by atoms with Crippen molar-refractivity contribution in [2.45, 2.75) is 0 Å². The van der Waals surface area contributed by atoms with Crippen LogP contribution in [0.15, 0.2) is 0 Å². The third-order valence-electron chi connectivity index (χ3n) is 0.966. The minimum atomic E-state index is -2.84. The number of methoxy groups -OCH3 is 3. The summed E-state index contributed by atoms with van der Waals surface area (Å²) < 4.78 is 29.7. The van der Waals surface area contributed by atoms with E-state index in [0.29, 0.717) is 0 Å². The van der Waals surface area contributed by atoms with E-state index in [1.165, 1.54) is 21.3 Å². The van der Waals surface area contributed by atoms with Crippen LogP contribution in [0.2, 0.25) is 0 Å². The standard InChI is InChI=1S/3C2H5O2.Y/c3*1-4-2-3;/h3*2H2,1H3;/q3*-1;+3. The first kappa shape index (κ1) is 13.9. The quantitative estimate of drug-likeness (QED) is 0.559. The van der Waals surface area contributed by atoms with Gasteiger partial charge in [-0.1, -0.05) is 0 Å². The molecular weight excluding hydrogens is 257 g/mol. The Balaban J connectivity index is 3.47. The van der Waals surface area contributed by atoms with Gasteiger partial charge in [0.1, 0.15) is 0 Å². The molecule has 0 saturated carbocycles. The summed E-state index contributed by atoms with van der Waals surface area (Å²) >= 11 is -2.84. The van der Waals surface area contributed by atoms with E-state index in [2.05, 4.69) is 0 Å². The molecule has 0 amide bonds. The van der Waals surface area contributed by atoms with Crippen LogP contribution in [0.4, 0.5) is 0 Å². The van der Waals surface area contributed by atoms with Crippen LogP contribution in [0.3, 0.4) is 0 Å². The van der Waals surface area contributed by atoms with Gasteiger partial charge in [-0.05, 0) is 0 Å². The Labute approximate surface area is 90.8 Å². The molecule has 0 unspecified atom stereocenters. The molecule has 0 aromatic heterocycles. The fourth-order valence-corrected chi connectivity index (χ4v) is 3.05. The summed E-state index contributed by atoms with van der Waals surface area (Å²) in [6.45, 7) is 0.524. The van der Waals surface area contributed by atoms with Gasteiger partial charge in [0.25, 0.3) is 0 Å². The number of ether oxygens (including phenoxy) is 3. The SMILES string of the molecule is COC[O][Y]([O]COC)[O]COC. The second-order valence-electron chi connectivity index (χ2n) is 2.01. The molecule has 0 rings (SSSR count). The molecule has 0 radical (unpaired) electrons. The van der Waals surface area contributed by atoms with E-state index < -0.39 is 29.0 Å². The molecule has 13 heavy (non-hydrogen) atoms. The van der Waals surface area contributed by atoms with Gasteiger partial charge in [0.15, 0.2) is 0 Å². The van der Waals surface area contributed by atoms with Crippen molar-refractivity contribution < 1.29 is 49.3 Å². The van der Waals surface area contributed by atoms with Crippen LogP contribution in [-0.2, 0) is 49.3 Å². The van der Waals surface area contributed by atoms with Crippen LogP contribution in [-0.4, -0.2) is 41.7 Å². The van der Waals surface area contributed by atoms with Gasteiger partial charge < -0.3 is 0 Å². The number of hydrogen-bond acceptors (Lipinski definition) is 6. The summed E-state index contributed by atoms with van der Waals surface area (Å²) in [5, 5.41) is 0. The van der Waals surface area contributed by atoms with E-state index in [-0.39, 0.29) is 20.4 Å². The molecule has 0 bridgehead atoms. The Hall–Kier alpha value is 0.864. The van der Waals surface area contributed by atoms with Crippen molar-refractivity contribution in [1.82, 2.24) is 0 Å². The van der Waals surface area contributed by atoms with Gasteiger partial charge in [-0.15, -0.1) is 0 Å². The van der Waals surface area contributed by atoms with Crippen LogP contribution in [0.25, 0.3) is 0 Å². The van der Waals surface area contributed by atoms with Gasteiger partial charge in [0.05, 0.1) is 0 Å². The molecule has 7 heteroatoms. The fourth-order valence-electron chi connectivity index (χ4n) is 0.515. The third-order valence-corrected chi connectivity index (χ3v) is 3.98. The van der Waals surface area contributed by atoms with E-state index in [9.17, 15) is 0 Å². The maximum atomic E-state index is 5.18. The third kappa shape index (κ3) is 9.17. The fraction of sp³-hybridized carbons (Fsp3) is 1.00. The summed E-state index contributed by atoms with van der Waals surface area (Å²) in [6, 6.07) is 0. The molecule has 0 aromatic rings. The van der Waals surface area contributed by atoms with Crippen molar-refractivity contribution in [2.24, 2.45) is 0 Å². The second-order valence-corrected chi connectivity index (χ2v) is 5.89. The van der Waals surface area contributed by atoms with Gasteiger partial charge in [0, 0.05) is 0 Å². The van der Waals surface area contributed by atoms with Gasteiger partial charge in [-0.25, -0.2) is 0 Å². The first-order valence-corrected chi connectivity index (χ1v) is 7.14. The van der Waals surface area contributed by atoms with E-state index in [1.54, 1.807) is 0 Å². The van der Waals surface area contributed by atoms with Crippen LogP contribution in [0.5, 0.6) is 0 Å². The molecule has 0 saturated heterocycles.